The standard InChI is InChI=1S/C6H10N4/c1-8-4-6-9-3-2-5(7)10-6/h2-3,8H,4H2,1H3,(H2,7,9,10). The van der Waals surface area contributed by atoms with E-state index in [2.05, 4.69) is 15.3 Å². The fourth-order valence-electron chi connectivity index (χ4n) is 0.658. The summed E-state index contributed by atoms with van der Waals surface area (Å²) in [6.07, 6.45) is 1.65. The number of nitrogen functional groups attached to an aromatic ring is 1. The Balaban J connectivity index is 2.75. The minimum atomic E-state index is 0.514. The number of hydrogen-bond donors (Lipinski definition) is 2. The molecule has 54 valence electrons. The lowest BCUT2D eigenvalue weighted by Gasteiger charge is -1.97. The van der Waals surface area contributed by atoms with Gasteiger partial charge < -0.3 is 11.1 Å². The van der Waals surface area contributed by atoms with Gasteiger partial charge in [0.25, 0.3) is 0 Å². The third-order valence-electron chi connectivity index (χ3n) is 1.06. The SMILES string of the molecule is CNCc1nccc(N)n1. The molecule has 0 spiro atoms. The lowest BCUT2D eigenvalue weighted by molar-refractivity contribution is 0.760. The lowest BCUT2D eigenvalue weighted by Crippen LogP contribution is -2.09. The lowest BCUT2D eigenvalue weighted by atomic mass is 10.5. The van der Waals surface area contributed by atoms with Gasteiger partial charge in [0.1, 0.15) is 11.6 Å². The summed E-state index contributed by atoms with van der Waals surface area (Å²) in [5.41, 5.74) is 5.41. The van der Waals surface area contributed by atoms with E-state index in [0.717, 1.165) is 5.82 Å². The predicted octanol–water partition coefficient (Wildman–Crippen LogP) is -0.222. The molecule has 0 unspecified atom stereocenters. The molecule has 0 saturated carbocycles. The Morgan fingerprint density at radius 3 is 3.10 bits per heavy atom. The topological polar surface area (TPSA) is 63.8 Å². The van der Waals surface area contributed by atoms with Crippen molar-refractivity contribution in [2.24, 2.45) is 0 Å². The molecular formula is C6H10N4. The van der Waals surface area contributed by atoms with Crippen LogP contribution < -0.4 is 11.1 Å². The van der Waals surface area contributed by atoms with Gasteiger partial charge in [0.2, 0.25) is 0 Å². The zero-order valence-electron chi connectivity index (χ0n) is 5.83. The molecule has 4 heteroatoms. The first-order chi connectivity index (χ1) is 4.83. The molecule has 0 atom stereocenters. The highest BCUT2D eigenvalue weighted by molar-refractivity contribution is 5.24. The maximum atomic E-state index is 5.41. The van der Waals surface area contributed by atoms with Crippen molar-refractivity contribution in [3.63, 3.8) is 0 Å². The van der Waals surface area contributed by atoms with Crippen molar-refractivity contribution in [2.45, 2.75) is 6.54 Å². The van der Waals surface area contributed by atoms with Crippen LogP contribution in [0.3, 0.4) is 0 Å². The molecule has 0 aliphatic rings. The number of aromatic nitrogens is 2. The van der Waals surface area contributed by atoms with E-state index in [9.17, 15) is 0 Å². The summed E-state index contributed by atoms with van der Waals surface area (Å²) in [4.78, 5) is 7.94. The molecule has 0 fully saturated rings. The quantitative estimate of drug-likeness (QED) is 0.593. The van der Waals surface area contributed by atoms with E-state index in [-0.39, 0.29) is 0 Å². The van der Waals surface area contributed by atoms with E-state index in [1.807, 2.05) is 7.05 Å². The summed E-state index contributed by atoms with van der Waals surface area (Å²) in [5.74, 6) is 1.24. The predicted molar refractivity (Wildman–Crippen MR) is 39.2 cm³/mol. The van der Waals surface area contributed by atoms with Crippen LogP contribution in [0, 0.1) is 0 Å². The van der Waals surface area contributed by atoms with E-state index >= 15 is 0 Å². The molecule has 1 aromatic heterocycles. The van der Waals surface area contributed by atoms with Crippen LogP contribution >= 0.6 is 0 Å². The molecule has 0 saturated heterocycles. The van der Waals surface area contributed by atoms with Gasteiger partial charge in [-0.25, -0.2) is 9.97 Å². The van der Waals surface area contributed by atoms with Gasteiger partial charge in [-0.3, -0.25) is 0 Å². The van der Waals surface area contributed by atoms with E-state index in [1.54, 1.807) is 12.3 Å². The van der Waals surface area contributed by atoms with Crippen molar-refractivity contribution in [1.82, 2.24) is 15.3 Å². The highest BCUT2D eigenvalue weighted by Gasteiger charge is 1.92. The summed E-state index contributed by atoms with van der Waals surface area (Å²) >= 11 is 0. The van der Waals surface area contributed by atoms with Crippen LogP contribution in [0.1, 0.15) is 5.82 Å². The molecule has 0 aliphatic heterocycles. The largest absolute Gasteiger partial charge is 0.384 e. The fraction of sp³-hybridized carbons (Fsp3) is 0.333. The highest BCUT2D eigenvalue weighted by Crippen LogP contribution is 1.94. The highest BCUT2D eigenvalue weighted by atomic mass is 15.0. The van der Waals surface area contributed by atoms with E-state index in [1.165, 1.54) is 0 Å². The van der Waals surface area contributed by atoms with Crippen molar-refractivity contribution in [2.75, 3.05) is 12.8 Å². The molecule has 0 aliphatic carbocycles. The van der Waals surface area contributed by atoms with Gasteiger partial charge >= 0.3 is 0 Å². The number of nitrogens with one attached hydrogen (secondary N) is 1. The van der Waals surface area contributed by atoms with Crippen LogP contribution in [-0.2, 0) is 6.54 Å². The van der Waals surface area contributed by atoms with Gasteiger partial charge in [-0.1, -0.05) is 0 Å². The molecular weight excluding hydrogens is 128 g/mol. The van der Waals surface area contributed by atoms with Crippen molar-refractivity contribution in [1.29, 1.82) is 0 Å². The van der Waals surface area contributed by atoms with Crippen LogP contribution in [0.15, 0.2) is 12.3 Å². The maximum absolute atomic E-state index is 5.41. The minimum Gasteiger partial charge on any atom is -0.384 e. The summed E-state index contributed by atoms with van der Waals surface area (Å²) in [6.45, 7) is 0.658. The Kier molecular flexibility index (Phi) is 2.17. The van der Waals surface area contributed by atoms with Crippen LogP contribution in [0.2, 0.25) is 0 Å². The Hall–Kier alpha value is -1.16. The minimum absolute atomic E-state index is 0.514. The van der Waals surface area contributed by atoms with Gasteiger partial charge in [-0.05, 0) is 13.1 Å². The molecule has 0 radical (unpaired) electrons. The first kappa shape index (κ1) is 6.95. The smallest absolute Gasteiger partial charge is 0.144 e. The van der Waals surface area contributed by atoms with Crippen LogP contribution in [0.5, 0.6) is 0 Å². The first-order valence-corrected chi connectivity index (χ1v) is 3.05. The zero-order chi connectivity index (χ0) is 7.40. The Labute approximate surface area is 59.5 Å². The molecule has 1 aromatic rings. The van der Waals surface area contributed by atoms with E-state index in [0.29, 0.717) is 12.4 Å². The third kappa shape index (κ3) is 1.66. The summed E-state index contributed by atoms with van der Waals surface area (Å²) in [7, 11) is 1.84. The van der Waals surface area contributed by atoms with Gasteiger partial charge in [0, 0.05) is 6.20 Å². The number of nitrogens with zero attached hydrogens (tertiary/aromatic N) is 2. The van der Waals surface area contributed by atoms with Crippen molar-refractivity contribution >= 4 is 5.82 Å². The second kappa shape index (κ2) is 3.12. The van der Waals surface area contributed by atoms with Crippen LogP contribution in [0.25, 0.3) is 0 Å². The molecule has 0 amide bonds. The fourth-order valence-corrected chi connectivity index (χ4v) is 0.658. The van der Waals surface area contributed by atoms with Crippen LogP contribution in [-0.4, -0.2) is 17.0 Å². The first-order valence-electron chi connectivity index (χ1n) is 3.05. The normalized spacial score (nSPS) is 9.70. The number of hydrogen-bond acceptors (Lipinski definition) is 4. The number of rotatable bonds is 2. The average molecular weight is 138 g/mol. The van der Waals surface area contributed by atoms with Crippen molar-refractivity contribution in [3.05, 3.63) is 18.1 Å². The second-order valence-corrected chi connectivity index (χ2v) is 1.93. The van der Waals surface area contributed by atoms with Gasteiger partial charge in [-0.2, -0.15) is 0 Å². The van der Waals surface area contributed by atoms with Gasteiger partial charge in [0.05, 0.1) is 6.54 Å². The molecule has 4 nitrogen and oxygen atoms in total. The zero-order valence-corrected chi connectivity index (χ0v) is 5.83. The van der Waals surface area contributed by atoms with Gasteiger partial charge in [0.15, 0.2) is 0 Å². The monoisotopic (exact) mass is 138 g/mol. The van der Waals surface area contributed by atoms with Crippen molar-refractivity contribution < 1.29 is 0 Å². The molecule has 0 aromatic carbocycles. The maximum Gasteiger partial charge on any atom is 0.144 e. The molecule has 0 bridgehead atoms. The molecule has 1 heterocycles. The Morgan fingerprint density at radius 2 is 2.50 bits per heavy atom. The average Bonchev–Trinajstić information content (AvgIpc) is 1.88. The second-order valence-electron chi connectivity index (χ2n) is 1.93. The number of nitrogens with two attached hydrogens (primary N) is 1. The number of anilines is 1. The Bertz CT molecular complexity index is 211. The molecule has 3 N–H and O–H groups in total. The van der Waals surface area contributed by atoms with E-state index in [4.69, 9.17) is 5.73 Å². The summed E-state index contributed by atoms with van der Waals surface area (Å²) in [5, 5.41) is 2.93. The molecule has 10 heavy (non-hydrogen) atoms. The van der Waals surface area contributed by atoms with E-state index < -0.39 is 0 Å². The van der Waals surface area contributed by atoms with Crippen molar-refractivity contribution in [3.8, 4) is 0 Å². The summed E-state index contributed by atoms with van der Waals surface area (Å²) < 4.78 is 0. The third-order valence-corrected chi connectivity index (χ3v) is 1.06. The molecule has 1 rings (SSSR count). The van der Waals surface area contributed by atoms with Gasteiger partial charge in [-0.15, -0.1) is 0 Å². The summed E-state index contributed by atoms with van der Waals surface area (Å²) in [6, 6.07) is 1.67. The van der Waals surface area contributed by atoms with Crippen LogP contribution in [0.4, 0.5) is 5.82 Å². The Morgan fingerprint density at radius 1 is 1.70 bits per heavy atom.